The molecule has 0 radical (unpaired) electrons. The van der Waals surface area contributed by atoms with E-state index in [1.165, 1.54) is 6.08 Å². The largest absolute Gasteiger partial charge is 0.353 e. The molecule has 0 aliphatic carbocycles. The Hall–Kier alpha value is -3.34. The van der Waals surface area contributed by atoms with Crippen molar-refractivity contribution in [3.8, 4) is 5.69 Å². The molecule has 1 heterocycles. The molecular weight excluding hydrogens is 326 g/mol. The number of carbonyl (C=O) groups is 1. The van der Waals surface area contributed by atoms with Gasteiger partial charge in [-0.05, 0) is 26.0 Å². The van der Waals surface area contributed by atoms with E-state index in [2.05, 4.69) is 5.32 Å². The van der Waals surface area contributed by atoms with Crippen molar-refractivity contribution in [1.29, 1.82) is 0 Å². The van der Waals surface area contributed by atoms with Crippen LogP contribution in [0.5, 0.6) is 0 Å². The van der Waals surface area contributed by atoms with E-state index in [1.54, 1.807) is 28.4 Å². The second-order valence-electron chi connectivity index (χ2n) is 6.12. The topological polar surface area (TPSA) is 56.0 Å². The van der Waals surface area contributed by atoms with E-state index in [0.717, 1.165) is 11.4 Å². The summed E-state index contributed by atoms with van der Waals surface area (Å²) in [5.41, 5.74) is 3.11. The van der Waals surface area contributed by atoms with Crippen LogP contribution in [0.15, 0.2) is 77.2 Å². The summed E-state index contributed by atoms with van der Waals surface area (Å²) < 4.78 is 3.40. The van der Waals surface area contributed by atoms with E-state index in [0.29, 0.717) is 16.9 Å². The first kappa shape index (κ1) is 17.5. The third-order valence-electron chi connectivity index (χ3n) is 4.28. The van der Waals surface area contributed by atoms with Crippen molar-refractivity contribution in [3.05, 3.63) is 94.0 Å². The molecule has 0 aliphatic heterocycles. The number of carbonyl (C=O) groups excluding carboxylic acids is 1. The third kappa shape index (κ3) is 3.37. The Bertz CT molecular complexity index is 1010. The average molecular weight is 347 g/mol. The first-order chi connectivity index (χ1) is 12.5. The molecule has 0 saturated carbocycles. The van der Waals surface area contributed by atoms with Crippen LogP contribution in [0.25, 0.3) is 5.69 Å². The molecule has 0 spiro atoms. The highest BCUT2D eigenvalue weighted by molar-refractivity contribution is 6.05. The Morgan fingerprint density at radius 1 is 1.00 bits per heavy atom. The maximum absolute atomic E-state index is 12.9. The lowest BCUT2D eigenvalue weighted by Crippen LogP contribution is -2.20. The molecule has 0 fully saturated rings. The molecule has 5 heteroatoms. The zero-order chi connectivity index (χ0) is 18.7. The molecule has 0 saturated heterocycles. The fraction of sp³-hybridized carbons (Fsp3) is 0.143. The first-order valence-electron chi connectivity index (χ1n) is 8.37. The minimum atomic E-state index is -0.156. The van der Waals surface area contributed by atoms with E-state index in [4.69, 9.17) is 0 Å². The maximum Gasteiger partial charge on any atom is 0.295 e. The summed E-state index contributed by atoms with van der Waals surface area (Å²) in [4.78, 5) is 25.2. The van der Waals surface area contributed by atoms with Gasteiger partial charge in [-0.15, -0.1) is 0 Å². The Labute approximate surface area is 152 Å². The summed E-state index contributed by atoms with van der Waals surface area (Å²) in [5, 5.41) is 3.10. The Kier molecular flexibility index (Phi) is 4.89. The summed E-state index contributed by atoms with van der Waals surface area (Å²) >= 11 is 0. The molecule has 0 amide bonds. The van der Waals surface area contributed by atoms with Gasteiger partial charge in [-0.25, -0.2) is 4.68 Å². The molecule has 3 aromatic rings. The molecule has 26 heavy (non-hydrogen) atoms. The van der Waals surface area contributed by atoms with Gasteiger partial charge in [0.25, 0.3) is 5.56 Å². The first-order valence-corrected chi connectivity index (χ1v) is 8.37. The number of ketones is 1. The van der Waals surface area contributed by atoms with Crippen molar-refractivity contribution in [2.75, 3.05) is 5.32 Å². The number of rotatable bonds is 5. The van der Waals surface area contributed by atoms with Gasteiger partial charge in [-0.1, -0.05) is 48.5 Å². The van der Waals surface area contributed by atoms with E-state index in [9.17, 15) is 9.59 Å². The number of allylic oxidation sites excluding steroid dienone is 2. The van der Waals surface area contributed by atoms with Gasteiger partial charge in [-0.2, -0.15) is 0 Å². The van der Waals surface area contributed by atoms with Crippen molar-refractivity contribution in [1.82, 2.24) is 9.36 Å². The van der Waals surface area contributed by atoms with Gasteiger partial charge in [0.1, 0.15) is 5.69 Å². The molecule has 3 rings (SSSR count). The van der Waals surface area contributed by atoms with E-state index < -0.39 is 0 Å². The smallest absolute Gasteiger partial charge is 0.295 e. The van der Waals surface area contributed by atoms with Crippen LogP contribution in [0.1, 0.15) is 23.0 Å². The normalized spacial score (nSPS) is 11.4. The second-order valence-corrected chi connectivity index (χ2v) is 6.12. The third-order valence-corrected chi connectivity index (χ3v) is 4.28. The van der Waals surface area contributed by atoms with Crippen LogP contribution < -0.4 is 10.9 Å². The summed E-state index contributed by atoms with van der Waals surface area (Å²) in [7, 11) is 1.84. The fourth-order valence-corrected chi connectivity index (χ4v) is 2.83. The van der Waals surface area contributed by atoms with Crippen LogP contribution in [0.4, 0.5) is 5.69 Å². The predicted molar refractivity (Wildman–Crippen MR) is 104 cm³/mol. The Morgan fingerprint density at radius 2 is 1.58 bits per heavy atom. The number of hydrogen-bond acceptors (Lipinski definition) is 3. The van der Waals surface area contributed by atoms with Crippen molar-refractivity contribution in [3.63, 3.8) is 0 Å². The van der Waals surface area contributed by atoms with Crippen LogP contribution >= 0.6 is 0 Å². The fourth-order valence-electron chi connectivity index (χ4n) is 2.83. The van der Waals surface area contributed by atoms with Gasteiger partial charge in [0.15, 0.2) is 5.78 Å². The molecule has 5 nitrogen and oxygen atoms in total. The molecule has 1 aromatic heterocycles. The summed E-state index contributed by atoms with van der Waals surface area (Å²) in [6.45, 7) is 3.65. The van der Waals surface area contributed by atoms with Crippen LogP contribution in [0.2, 0.25) is 0 Å². The number of nitrogens with zero attached hydrogens (tertiary/aromatic N) is 2. The monoisotopic (exact) mass is 347 g/mol. The van der Waals surface area contributed by atoms with Crippen LogP contribution in [-0.4, -0.2) is 15.1 Å². The average Bonchev–Trinajstić information content (AvgIpc) is 2.86. The molecular formula is C21H21N3O2. The van der Waals surface area contributed by atoms with Gasteiger partial charge >= 0.3 is 0 Å². The number of hydrogen-bond donors (Lipinski definition) is 1. The Balaban J connectivity index is 1.92. The highest BCUT2D eigenvalue weighted by atomic mass is 16.1. The van der Waals surface area contributed by atoms with Crippen LogP contribution in [0.3, 0.4) is 0 Å². The molecule has 0 unspecified atom stereocenters. The minimum absolute atomic E-state index is 0.104. The number of benzene rings is 2. The van der Waals surface area contributed by atoms with Gasteiger partial charge < -0.3 is 5.32 Å². The number of anilines is 1. The summed E-state index contributed by atoms with van der Waals surface area (Å²) in [5.74, 6) is -0.104. The summed E-state index contributed by atoms with van der Waals surface area (Å²) in [6.07, 6.45) is 1.51. The van der Waals surface area contributed by atoms with Gasteiger partial charge in [0.05, 0.1) is 11.4 Å². The lowest BCUT2D eigenvalue weighted by Gasteiger charge is -2.07. The van der Waals surface area contributed by atoms with Crippen LogP contribution in [-0.2, 0) is 7.05 Å². The lowest BCUT2D eigenvalue weighted by molar-refractivity contribution is 0.104. The van der Waals surface area contributed by atoms with Crippen molar-refractivity contribution in [2.45, 2.75) is 13.8 Å². The standard InChI is InChI=1S/C21H21N3O2/c1-15(14-19(25)17-10-6-4-7-11-17)22-20-16(2)23(3)24(21(20)26)18-12-8-5-9-13-18/h4-14,22H,1-3H3/b15-14-. The molecule has 2 aromatic carbocycles. The van der Waals surface area contributed by atoms with E-state index >= 15 is 0 Å². The van der Waals surface area contributed by atoms with Gasteiger partial charge in [-0.3, -0.25) is 14.3 Å². The zero-order valence-electron chi connectivity index (χ0n) is 15.1. The SMILES string of the molecule is C/C(=C/C(=O)c1ccccc1)Nc1c(C)n(C)n(-c2ccccc2)c1=O. The molecule has 1 N–H and O–H groups in total. The van der Waals surface area contributed by atoms with Gasteiger partial charge in [0.2, 0.25) is 0 Å². The molecule has 0 aliphatic rings. The maximum atomic E-state index is 12.9. The highest BCUT2D eigenvalue weighted by Crippen LogP contribution is 2.16. The highest BCUT2D eigenvalue weighted by Gasteiger charge is 2.16. The summed E-state index contributed by atoms with van der Waals surface area (Å²) in [6, 6.07) is 18.5. The van der Waals surface area contributed by atoms with E-state index in [1.807, 2.05) is 62.5 Å². The number of nitrogens with one attached hydrogen (secondary N) is 1. The Morgan fingerprint density at radius 3 is 2.19 bits per heavy atom. The number of aromatic nitrogens is 2. The van der Waals surface area contributed by atoms with Crippen molar-refractivity contribution >= 4 is 11.5 Å². The molecule has 132 valence electrons. The van der Waals surface area contributed by atoms with E-state index in [-0.39, 0.29) is 11.3 Å². The predicted octanol–water partition coefficient (Wildman–Crippen LogP) is 3.68. The molecule has 0 bridgehead atoms. The van der Waals surface area contributed by atoms with Crippen LogP contribution in [0, 0.1) is 6.92 Å². The van der Waals surface area contributed by atoms with Crippen molar-refractivity contribution < 1.29 is 4.79 Å². The molecule has 0 atom stereocenters. The van der Waals surface area contributed by atoms with Crippen molar-refractivity contribution in [2.24, 2.45) is 7.05 Å². The second kappa shape index (κ2) is 7.27. The lowest BCUT2D eigenvalue weighted by atomic mass is 10.1. The van der Waals surface area contributed by atoms with Gasteiger partial charge in [0, 0.05) is 24.4 Å². The quantitative estimate of drug-likeness (QED) is 0.566. The zero-order valence-corrected chi connectivity index (χ0v) is 15.1. The number of para-hydroxylation sites is 1. The minimum Gasteiger partial charge on any atom is -0.353 e.